The highest BCUT2D eigenvalue weighted by Crippen LogP contribution is 2.47. The van der Waals surface area contributed by atoms with Crippen molar-refractivity contribution < 1.29 is 19.4 Å². The lowest BCUT2D eigenvalue weighted by molar-refractivity contribution is -0.0437. The summed E-state index contributed by atoms with van der Waals surface area (Å²) in [6.45, 7) is 8.78. The first-order valence-electron chi connectivity index (χ1n) is 16.0. The maximum absolute atomic E-state index is 13.4. The molecule has 8 heteroatoms. The van der Waals surface area contributed by atoms with Crippen molar-refractivity contribution in [2.24, 2.45) is 17.8 Å². The van der Waals surface area contributed by atoms with Crippen molar-refractivity contribution >= 4 is 35.1 Å². The molecule has 43 heavy (non-hydrogen) atoms. The van der Waals surface area contributed by atoms with Gasteiger partial charge in [-0.3, -0.25) is 9.52 Å². The Morgan fingerprint density at radius 1 is 1.23 bits per heavy atom. The molecule has 2 aliphatic carbocycles. The Bertz CT molecular complexity index is 1350. The number of nitrogens with one attached hydrogen (secondary N) is 1. The molecule has 1 spiro atoms. The van der Waals surface area contributed by atoms with E-state index in [1.807, 2.05) is 24.3 Å². The van der Waals surface area contributed by atoms with Gasteiger partial charge in [0.15, 0.2) is 0 Å². The van der Waals surface area contributed by atoms with Crippen LogP contribution < -0.4 is 14.4 Å². The molecule has 6 nitrogen and oxygen atoms in total. The molecular formula is C35H45ClN2O4S. The Labute approximate surface area is 265 Å². The Balaban J connectivity index is 1.38. The van der Waals surface area contributed by atoms with Gasteiger partial charge in [-0.15, -0.1) is 0 Å². The first kappa shape index (κ1) is 30.8. The molecule has 0 saturated heterocycles. The van der Waals surface area contributed by atoms with Crippen LogP contribution in [0.1, 0.15) is 74.4 Å². The van der Waals surface area contributed by atoms with Crippen molar-refractivity contribution in [3.8, 4) is 5.75 Å². The molecule has 2 bridgehead atoms. The van der Waals surface area contributed by atoms with Crippen molar-refractivity contribution in [1.29, 1.82) is 0 Å². The van der Waals surface area contributed by atoms with E-state index in [4.69, 9.17) is 21.1 Å². The highest BCUT2D eigenvalue weighted by atomic mass is 35.5. The Morgan fingerprint density at radius 3 is 2.88 bits per heavy atom. The standard InChI is InChI=1S/C35H45ClN2O4S/c1-22-6-4-8-32(41-19-23(2)39)29-12-9-27(29)18-38-20-35(15-5-7-25-16-28(36)11-13-30(25)35)21-42-33-14-10-26(17-31(33)38)34(40)37-43-24(22)3/h4,8,10-11,13-14,16-17,22-24,27,29,32,39H,5-7,9,12,15,18-21H2,1-3H3,(H,37,40)/b8-4+/t22-,23-,24+,27-,29+,32-,35-/m0/s1. The maximum atomic E-state index is 13.4. The smallest absolute Gasteiger partial charge is 0.261 e. The first-order chi connectivity index (χ1) is 20.7. The Morgan fingerprint density at radius 2 is 2.09 bits per heavy atom. The molecule has 1 fully saturated rings. The average molecular weight is 625 g/mol. The van der Waals surface area contributed by atoms with Gasteiger partial charge in [0.25, 0.3) is 5.91 Å². The second-order valence-electron chi connectivity index (χ2n) is 13.3. The Kier molecular flexibility index (Phi) is 9.35. The molecule has 2 N–H and O–H groups in total. The number of allylic oxidation sites excluding steroid dienone is 1. The summed E-state index contributed by atoms with van der Waals surface area (Å²) >= 11 is 7.93. The number of hydrogen-bond donors (Lipinski definition) is 2. The number of hydrogen-bond acceptors (Lipinski definition) is 6. The maximum Gasteiger partial charge on any atom is 0.261 e. The lowest BCUT2D eigenvalue weighted by atomic mass is 9.68. The monoisotopic (exact) mass is 624 g/mol. The van der Waals surface area contributed by atoms with Crippen molar-refractivity contribution in [2.75, 3.05) is 31.2 Å². The minimum Gasteiger partial charge on any atom is -0.490 e. The highest BCUT2D eigenvalue weighted by molar-refractivity contribution is 7.98. The quantitative estimate of drug-likeness (QED) is 0.284. The molecule has 0 unspecified atom stereocenters. The fourth-order valence-corrected chi connectivity index (χ4v) is 8.25. The van der Waals surface area contributed by atoms with E-state index < -0.39 is 6.10 Å². The van der Waals surface area contributed by atoms with E-state index in [1.54, 1.807) is 6.92 Å². The zero-order chi connectivity index (χ0) is 30.1. The van der Waals surface area contributed by atoms with Crippen LogP contribution in [-0.4, -0.2) is 54.8 Å². The highest BCUT2D eigenvalue weighted by Gasteiger charge is 2.44. The van der Waals surface area contributed by atoms with E-state index in [0.29, 0.717) is 36.5 Å². The zero-order valence-corrected chi connectivity index (χ0v) is 27.1. The van der Waals surface area contributed by atoms with Crippen LogP contribution in [-0.2, 0) is 16.6 Å². The van der Waals surface area contributed by atoms with Gasteiger partial charge in [-0.05, 0) is 117 Å². The van der Waals surface area contributed by atoms with Crippen LogP contribution in [0.15, 0.2) is 48.6 Å². The molecule has 6 rings (SSSR count). The van der Waals surface area contributed by atoms with Gasteiger partial charge in [-0.25, -0.2) is 0 Å². The van der Waals surface area contributed by atoms with Gasteiger partial charge in [0.2, 0.25) is 0 Å². The molecule has 2 aromatic carbocycles. The lowest BCUT2D eigenvalue weighted by Crippen LogP contribution is -2.49. The molecule has 4 aliphatic rings. The number of nitrogens with zero attached hydrogens (tertiary/aromatic N) is 1. The molecule has 2 heterocycles. The SMILES string of the molecule is C[C@H](O)CO[C@H]1/C=C/C[C@H](C)[C@@H](C)SNC(=O)c2ccc3c(c2)N(C[C@@H]2CC[C@H]21)C[C@@]1(CCCc2cc(Cl)ccc21)CO3. The number of carbonyl (C=O) groups excluding carboxylic acids is 1. The third-order valence-electron chi connectivity index (χ3n) is 10.2. The van der Waals surface area contributed by atoms with Gasteiger partial charge in [-0.1, -0.05) is 43.7 Å². The summed E-state index contributed by atoms with van der Waals surface area (Å²) in [5, 5.41) is 11.1. The summed E-state index contributed by atoms with van der Waals surface area (Å²) < 4.78 is 16.1. The molecule has 7 atom stereocenters. The number of fused-ring (bicyclic) bond motifs is 4. The topological polar surface area (TPSA) is 71.0 Å². The van der Waals surface area contributed by atoms with Crippen molar-refractivity contribution in [2.45, 2.75) is 82.2 Å². The summed E-state index contributed by atoms with van der Waals surface area (Å²) in [6, 6.07) is 12.3. The largest absolute Gasteiger partial charge is 0.490 e. The number of halogens is 1. The number of carbonyl (C=O) groups is 1. The summed E-state index contributed by atoms with van der Waals surface area (Å²) in [5.41, 5.74) is 4.14. The van der Waals surface area contributed by atoms with Crippen molar-refractivity contribution in [3.05, 3.63) is 70.3 Å². The van der Waals surface area contributed by atoms with Gasteiger partial charge >= 0.3 is 0 Å². The van der Waals surface area contributed by atoms with E-state index in [0.717, 1.165) is 68.1 Å². The molecule has 1 amide bonds. The summed E-state index contributed by atoms with van der Waals surface area (Å²) in [7, 11) is 0. The van der Waals surface area contributed by atoms with E-state index >= 15 is 0 Å². The predicted octanol–water partition coefficient (Wildman–Crippen LogP) is 6.97. The van der Waals surface area contributed by atoms with Crippen LogP contribution in [0.25, 0.3) is 0 Å². The van der Waals surface area contributed by atoms with Crippen LogP contribution in [0.4, 0.5) is 5.69 Å². The van der Waals surface area contributed by atoms with Crippen LogP contribution >= 0.6 is 23.5 Å². The summed E-state index contributed by atoms with van der Waals surface area (Å²) in [5.74, 6) is 1.95. The molecule has 2 aromatic rings. The number of amides is 1. The van der Waals surface area contributed by atoms with Crippen LogP contribution in [0.3, 0.4) is 0 Å². The number of aliphatic hydroxyl groups is 1. The predicted molar refractivity (Wildman–Crippen MR) is 175 cm³/mol. The average Bonchev–Trinajstić information content (AvgIpc) is 3.12. The van der Waals surface area contributed by atoms with Gasteiger partial charge in [0, 0.05) is 34.3 Å². The number of benzene rings is 2. The van der Waals surface area contributed by atoms with E-state index in [-0.39, 0.29) is 22.7 Å². The number of anilines is 1. The van der Waals surface area contributed by atoms with Gasteiger partial charge in [0.1, 0.15) is 5.75 Å². The van der Waals surface area contributed by atoms with Gasteiger partial charge in [0.05, 0.1) is 31.1 Å². The second-order valence-corrected chi connectivity index (χ2v) is 15.0. The van der Waals surface area contributed by atoms with E-state index in [1.165, 1.54) is 23.1 Å². The molecular weight excluding hydrogens is 580 g/mol. The molecule has 0 aromatic heterocycles. The van der Waals surface area contributed by atoms with Crippen LogP contribution in [0.5, 0.6) is 5.75 Å². The zero-order valence-electron chi connectivity index (χ0n) is 25.6. The van der Waals surface area contributed by atoms with Crippen molar-refractivity contribution in [1.82, 2.24) is 4.72 Å². The number of ether oxygens (including phenoxy) is 2. The fourth-order valence-electron chi connectivity index (χ4n) is 7.31. The second kappa shape index (κ2) is 13.0. The van der Waals surface area contributed by atoms with E-state index in [9.17, 15) is 9.90 Å². The lowest BCUT2D eigenvalue weighted by Gasteiger charge is -2.46. The van der Waals surface area contributed by atoms with Crippen LogP contribution in [0.2, 0.25) is 5.02 Å². The third kappa shape index (κ3) is 6.61. The number of aliphatic hydroxyl groups excluding tert-OH is 1. The molecule has 2 aliphatic heterocycles. The fraction of sp³-hybridized carbons (Fsp3) is 0.571. The third-order valence-corrected chi connectivity index (χ3v) is 11.5. The normalized spacial score (nSPS) is 32.3. The van der Waals surface area contributed by atoms with Crippen molar-refractivity contribution in [3.63, 3.8) is 0 Å². The molecule has 232 valence electrons. The van der Waals surface area contributed by atoms with E-state index in [2.05, 4.69) is 47.8 Å². The van der Waals surface area contributed by atoms with Crippen LogP contribution in [0, 0.1) is 17.8 Å². The molecule has 1 saturated carbocycles. The molecule has 0 radical (unpaired) electrons. The first-order valence-corrected chi connectivity index (χ1v) is 17.2. The number of rotatable bonds is 3. The van der Waals surface area contributed by atoms with Gasteiger partial charge in [-0.2, -0.15) is 0 Å². The minimum atomic E-state index is -0.501. The summed E-state index contributed by atoms with van der Waals surface area (Å²) in [6.07, 6.45) is 10.3. The minimum absolute atomic E-state index is 0.0309. The Hall–Kier alpha value is -2.19. The van der Waals surface area contributed by atoms with Gasteiger partial charge < -0.3 is 19.5 Å². The number of aryl methyl sites for hydroxylation is 1. The summed E-state index contributed by atoms with van der Waals surface area (Å²) in [4.78, 5) is 15.9.